The van der Waals surface area contributed by atoms with E-state index in [4.69, 9.17) is 16.3 Å². The van der Waals surface area contributed by atoms with Crippen LogP contribution in [0.5, 0.6) is 5.75 Å². The van der Waals surface area contributed by atoms with Crippen LogP contribution in [0.25, 0.3) is 0 Å². The Hall–Kier alpha value is -3.36. The van der Waals surface area contributed by atoms with Crippen LogP contribution in [0.1, 0.15) is 11.1 Å². The molecule has 0 bridgehead atoms. The standard InChI is InChI=1S/C22H18ClN3O4S/c1-30-18-10-8-17(9-11-18)24-21(27)14-26-25-22(15-5-3-2-4-6-15)19-13-16(23)7-12-20(19)31(26,28)29/h2-13H,14H2,1H3,(H,24,27). The number of carbonyl (C=O) groups is 1. The monoisotopic (exact) mass is 455 g/mol. The molecule has 0 saturated heterocycles. The summed E-state index contributed by atoms with van der Waals surface area (Å²) >= 11 is 6.12. The Labute approximate surface area is 185 Å². The highest BCUT2D eigenvalue weighted by Gasteiger charge is 2.34. The third kappa shape index (κ3) is 4.26. The molecule has 31 heavy (non-hydrogen) atoms. The van der Waals surface area contributed by atoms with E-state index >= 15 is 0 Å². The highest BCUT2D eigenvalue weighted by Crippen LogP contribution is 2.31. The minimum Gasteiger partial charge on any atom is -0.497 e. The predicted molar refractivity (Wildman–Crippen MR) is 119 cm³/mol. The van der Waals surface area contributed by atoms with Crippen LogP contribution in [0.15, 0.2) is 82.8 Å². The Bertz CT molecular complexity index is 1260. The molecule has 3 aromatic rings. The van der Waals surface area contributed by atoms with E-state index < -0.39 is 22.5 Å². The van der Waals surface area contributed by atoms with E-state index in [0.29, 0.717) is 33.3 Å². The van der Waals surface area contributed by atoms with Crippen molar-refractivity contribution in [2.24, 2.45) is 5.10 Å². The van der Waals surface area contributed by atoms with Crippen molar-refractivity contribution in [2.75, 3.05) is 19.0 Å². The van der Waals surface area contributed by atoms with Gasteiger partial charge in [0, 0.05) is 21.8 Å². The summed E-state index contributed by atoms with van der Waals surface area (Å²) in [6, 6.07) is 20.3. The van der Waals surface area contributed by atoms with Gasteiger partial charge in [-0.25, -0.2) is 0 Å². The molecule has 1 aliphatic rings. The number of anilines is 1. The lowest BCUT2D eigenvalue weighted by molar-refractivity contribution is -0.116. The zero-order chi connectivity index (χ0) is 22.0. The number of amides is 1. The molecule has 0 atom stereocenters. The van der Waals surface area contributed by atoms with Crippen molar-refractivity contribution in [3.63, 3.8) is 0 Å². The van der Waals surface area contributed by atoms with E-state index in [1.54, 1.807) is 37.4 Å². The van der Waals surface area contributed by atoms with Crippen LogP contribution >= 0.6 is 11.6 Å². The summed E-state index contributed by atoms with van der Waals surface area (Å²) in [5, 5.41) is 7.39. The first-order valence-electron chi connectivity index (χ1n) is 9.29. The first-order valence-corrected chi connectivity index (χ1v) is 11.1. The summed E-state index contributed by atoms with van der Waals surface area (Å²) in [5.41, 5.74) is 2.04. The van der Waals surface area contributed by atoms with Gasteiger partial charge in [-0.1, -0.05) is 41.9 Å². The number of methoxy groups -OCH3 is 1. The van der Waals surface area contributed by atoms with Crippen LogP contribution < -0.4 is 10.1 Å². The molecule has 1 amide bonds. The summed E-state index contributed by atoms with van der Waals surface area (Å²) < 4.78 is 32.2. The van der Waals surface area contributed by atoms with E-state index in [1.807, 2.05) is 30.3 Å². The lowest BCUT2D eigenvalue weighted by atomic mass is 10.0. The molecule has 1 aliphatic heterocycles. The van der Waals surface area contributed by atoms with E-state index in [2.05, 4.69) is 10.4 Å². The Morgan fingerprint density at radius 3 is 2.45 bits per heavy atom. The second-order valence-corrected chi connectivity index (χ2v) is 8.97. The van der Waals surface area contributed by atoms with Crippen LogP contribution in [0.3, 0.4) is 0 Å². The third-order valence-corrected chi connectivity index (χ3v) is 6.58. The van der Waals surface area contributed by atoms with Gasteiger partial charge in [0.05, 0.1) is 12.0 Å². The van der Waals surface area contributed by atoms with Gasteiger partial charge >= 0.3 is 0 Å². The first kappa shape index (κ1) is 20.9. The van der Waals surface area contributed by atoms with Crippen molar-refractivity contribution < 1.29 is 17.9 Å². The van der Waals surface area contributed by atoms with Crippen molar-refractivity contribution in [1.82, 2.24) is 4.41 Å². The number of carbonyl (C=O) groups excluding carboxylic acids is 1. The summed E-state index contributed by atoms with van der Waals surface area (Å²) in [5.74, 6) is 0.117. The van der Waals surface area contributed by atoms with Crippen LogP contribution in [0, 0.1) is 0 Å². The number of halogens is 1. The van der Waals surface area contributed by atoms with Gasteiger partial charge in [-0.2, -0.15) is 17.9 Å². The number of nitrogens with one attached hydrogen (secondary N) is 1. The van der Waals surface area contributed by atoms with Gasteiger partial charge in [-0.15, -0.1) is 0 Å². The van der Waals surface area contributed by atoms with Gasteiger partial charge in [-0.3, -0.25) is 4.79 Å². The molecular formula is C22H18ClN3O4S. The van der Waals surface area contributed by atoms with Gasteiger partial charge in [0.15, 0.2) is 0 Å². The molecule has 0 radical (unpaired) electrons. The molecule has 1 N–H and O–H groups in total. The number of hydrogen-bond donors (Lipinski definition) is 1. The van der Waals surface area contributed by atoms with Gasteiger partial charge < -0.3 is 10.1 Å². The fraction of sp³-hybridized carbons (Fsp3) is 0.0909. The lowest BCUT2D eigenvalue weighted by Crippen LogP contribution is -2.38. The first-order chi connectivity index (χ1) is 14.9. The maximum Gasteiger partial charge on any atom is 0.280 e. The maximum absolute atomic E-state index is 13.1. The molecule has 0 aliphatic carbocycles. The molecule has 1 heterocycles. The zero-order valence-electron chi connectivity index (χ0n) is 16.4. The third-order valence-electron chi connectivity index (χ3n) is 4.66. The number of ether oxygens (including phenoxy) is 1. The van der Waals surface area contributed by atoms with E-state index in [1.165, 1.54) is 12.1 Å². The smallest absolute Gasteiger partial charge is 0.280 e. The number of fused-ring (bicyclic) bond motifs is 1. The Balaban J connectivity index is 1.68. The molecule has 9 heteroatoms. The quantitative estimate of drug-likeness (QED) is 0.634. The van der Waals surface area contributed by atoms with Crippen LogP contribution in [0.4, 0.5) is 5.69 Å². The normalized spacial score (nSPS) is 14.4. The van der Waals surface area contributed by atoms with Crippen molar-refractivity contribution in [3.05, 3.63) is 88.9 Å². The molecule has 4 rings (SSSR count). The lowest BCUT2D eigenvalue weighted by Gasteiger charge is -2.27. The fourth-order valence-corrected chi connectivity index (χ4v) is 4.72. The zero-order valence-corrected chi connectivity index (χ0v) is 18.0. The number of hydrogen-bond acceptors (Lipinski definition) is 5. The molecular weight excluding hydrogens is 438 g/mol. The molecule has 0 aromatic heterocycles. The largest absolute Gasteiger partial charge is 0.497 e. The summed E-state index contributed by atoms with van der Waals surface area (Å²) in [6.07, 6.45) is 0. The van der Waals surface area contributed by atoms with Crippen LogP contribution in [-0.4, -0.2) is 38.1 Å². The van der Waals surface area contributed by atoms with E-state index in [0.717, 1.165) is 4.41 Å². The highest BCUT2D eigenvalue weighted by molar-refractivity contribution is 7.89. The SMILES string of the molecule is COc1ccc(NC(=O)CN2N=C(c3ccccc3)c3cc(Cl)ccc3S2(=O)=O)cc1. The summed E-state index contributed by atoms with van der Waals surface area (Å²) in [6.45, 7) is -0.479. The molecule has 0 spiro atoms. The molecule has 3 aromatic carbocycles. The van der Waals surface area contributed by atoms with E-state index in [-0.39, 0.29) is 4.90 Å². The second-order valence-electron chi connectivity index (χ2n) is 6.72. The minimum atomic E-state index is -4.03. The Morgan fingerprint density at radius 1 is 1.06 bits per heavy atom. The van der Waals surface area contributed by atoms with Crippen LogP contribution in [0.2, 0.25) is 5.02 Å². The van der Waals surface area contributed by atoms with E-state index in [9.17, 15) is 13.2 Å². The van der Waals surface area contributed by atoms with Crippen molar-refractivity contribution >= 4 is 38.9 Å². The molecule has 7 nitrogen and oxygen atoms in total. The maximum atomic E-state index is 13.1. The number of nitrogens with zero attached hydrogens (tertiary/aromatic N) is 2. The highest BCUT2D eigenvalue weighted by atomic mass is 35.5. The fourth-order valence-electron chi connectivity index (χ4n) is 3.17. The van der Waals surface area contributed by atoms with Crippen LogP contribution in [-0.2, 0) is 14.8 Å². The molecule has 0 unspecified atom stereocenters. The number of hydrazone groups is 1. The average Bonchev–Trinajstić information content (AvgIpc) is 2.76. The molecule has 0 fully saturated rings. The predicted octanol–water partition coefficient (Wildman–Crippen LogP) is 3.74. The number of benzene rings is 3. The molecule has 158 valence electrons. The average molecular weight is 456 g/mol. The summed E-state index contributed by atoms with van der Waals surface area (Å²) in [4.78, 5) is 12.6. The van der Waals surface area contributed by atoms with Crippen molar-refractivity contribution in [3.8, 4) is 5.75 Å². The van der Waals surface area contributed by atoms with Gasteiger partial charge in [0.25, 0.3) is 10.0 Å². The Morgan fingerprint density at radius 2 is 1.77 bits per heavy atom. The van der Waals surface area contributed by atoms with Gasteiger partial charge in [0.2, 0.25) is 5.91 Å². The Kier molecular flexibility index (Phi) is 5.67. The topological polar surface area (TPSA) is 88.1 Å². The number of sulfonamides is 1. The van der Waals surface area contributed by atoms with Gasteiger partial charge in [-0.05, 0) is 42.5 Å². The van der Waals surface area contributed by atoms with Crippen molar-refractivity contribution in [1.29, 1.82) is 0 Å². The number of rotatable bonds is 5. The van der Waals surface area contributed by atoms with Crippen molar-refractivity contribution in [2.45, 2.75) is 4.90 Å². The van der Waals surface area contributed by atoms with Gasteiger partial charge in [0.1, 0.15) is 18.0 Å². The molecule has 0 saturated carbocycles. The minimum absolute atomic E-state index is 0.0444. The summed E-state index contributed by atoms with van der Waals surface area (Å²) in [7, 11) is -2.49. The second kappa shape index (κ2) is 8.41.